The van der Waals surface area contributed by atoms with E-state index in [0.29, 0.717) is 49.2 Å². The second kappa shape index (κ2) is 11.6. The number of carbonyl (C=O) groups is 1. The van der Waals surface area contributed by atoms with Gasteiger partial charge >= 0.3 is 0 Å². The Kier molecular flexibility index (Phi) is 9.15. The maximum atomic E-state index is 12.9. The highest BCUT2D eigenvalue weighted by Gasteiger charge is 2.15. The zero-order valence-electron chi connectivity index (χ0n) is 15.8. The van der Waals surface area contributed by atoms with E-state index in [1.165, 1.54) is 0 Å². The van der Waals surface area contributed by atoms with Gasteiger partial charge in [-0.2, -0.15) is 0 Å². The highest BCUT2D eigenvalue weighted by atomic mass is 79.9. The van der Waals surface area contributed by atoms with Crippen LogP contribution in [0.15, 0.2) is 46.9 Å². The topological polar surface area (TPSA) is 56.8 Å². The van der Waals surface area contributed by atoms with Crippen molar-refractivity contribution in [1.82, 2.24) is 0 Å². The van der Waals surface area contributed by atoms with E-state index in [9.17, 15) is 4.79 Å². The van der Waals surface area contributed by atoms with Gasteiger partial charge in [-0.25, -0.2) is 0 Å². The van der Waals surface area contributed by atoms with Gasteiger partial charge in [0.15, 0.2) is 0 Å². The normalized spacial score (nSPS) is 10.5. The summed E-state index contributed by atoms with van der Waals surface area (Å²) in [5.74, 6) is 0.927. The second-order valence-electron chi connectivity index (χ2n) is 5.84. The lowest BCUT2D eigenvalue weighted by Gasteiger charge is -2.15. The molecule has 2 rings (SSSR count). The Labute approximate surface area is 169 Å². The van der Waals surface area contributed by atoms with Crippen molar-refractivity contribution >= 4 is 27.5 Å². The summed E-state index contributed by atoms with van der Waals surface area (Å²) < 4.78 is 17.6. The third-order valence-electron chi connectivity index (χ3n) is 3.77. The third kappa shape index (κ3) is 6.88. The molecule has 6 heteroatoms. The number of unbranched alkanes of at least 4 members (excludes halogenated alkanes) is 1. The number of hydrogen-bond donors (Lipinski definition) is 1. The molecule has 1 N–H and O–H groups in total. The number of benzene rings is 2. The number of ether oxygens (including phenoxy) is 3. The first kappa shape index (κ1) is 21.3. The predicted octanol–water partition coefficient (Wildman–Crippen LogP) is 5.30. The highest BCUT2D eigenvalue weighted by Crippen LogP contribution is 2.28. The molecule has 0 radical (unpaired) electrons. The van der Waals surface area contributed by atoms with Gasteiger partial charge in [-0.15, -0.1) is 0 Å². The summed E-state index contributed by atoms with van der Waals surface area (Å²) in [4.78, 5) is 12.9. The molecule has 27 heavy (non-hydrogen) atoms. The number of halogens is 1. The number of nitrogens with one attached hydrogen (secondary N) is 1. The molecule has 146 valence electrons. The lowest BCUT2D eigenvalue weighted by molar-refractivity contribution is 0.102. The summed E-state index contributed by atoms with van der Waals surface area (Å²) in [6.45, 7) is 6.18. The Morgan fingerprint density at radius 2 is 1.78 bits per heavy atom. The van der Waals surface area contributed by atoms with Gasteiger partial charge in [0.05, 0.1) is 24.5 Å². The van der Waals surface area contributed by atoms with Crippen molar-refractivity contribution in [3.63, 3.8) is 0 Å². The van der Waals surface area contributed by atoms with Crippen molar-refractivity contribution in [3.8, 4) is 11.5 Å². The van der Waals surface area contributed by atoms with Crippen molar-refractivity contribution in [2.75, 3.05) is 31.7 Å². The van der Waals surface area contributed by atoms with Gasteiger partial charge < -0.3 is 19.5 Å². The van der Waals surface area contributed by atoms with E-state index >= 15 is 0 Å². The van der Waals surface area contributed by atoms with Gasteiger partial charge in [0.25, 0.3) is 5.91 Å². The molecule has 0 aliphatic rings. The smallest absolute Gasteiger partial charge is 0.259 e. The molecule has 0 aliphatic heterocycles. The molecule has 0 spiro atoms. The quantitative estimate of drug-likeness (QED) is 0.486. The average Bonchev–Trinajstić information content (AvgIpc) is 2.67. The summed E-state index contributed by atoms with van der Waals surface area (Å²) >= 11 is 3.42. The van der Waals surface area contributed by atoms with Gasteiger partial charge in [0.2, 0.25) is 0 Å². The first-order chi connectivity index (χ1) is 13.2. The predicted molar refractivity (Wildman–Crippen MR) is 111 cm³/mol. The summed E-state index contributed by atoms with van der Waals surface area (Å²) in [5, 5.41) is 2.92. The number of rotatable bonds is 11. The van der Waals surface area contributed by atoms with Gasteiger partial charge in [-0.3, -0.25) is 4.79 Å². The molecule has 2 aromatic rings. The van der Waals surface area contributed by atoms with E-state index in [-0.39, 0.29) is 5.91 Å². The van der Waals surface area contributed by atoms with Crippen molar-refractivity contribution in [3.05, 3.63) is 52.5 Å². The summed E-state index contributed by atoms with van der Waals surface area (Å²) in [7, 11) is 0. The molecule has 0 fully saturated rings. The largest absolute Gasteiger partial charge is 0.493 e. The minimum Gasteiger partial charge on any atom is -0.493 e. The van der Waals surface area contributed by atoms with Crippen LogP contribution in [0.5, 0.6) is 11.5 Å². The molecular formula is C21H26BrNO4. The van der Waals surface area contributed by atoms with Crippen LogP contribution in [-0.2, 0) is 4.74 Å². The van der Waals surface area contributed by atoms with Gasteiger partial charge in [-0.05, 0) is 43.7 Å². The molecule has 2 aromatic carbocycles. The molecule has 0 unspecified atom stereocenters. The molecule has 0 heterocycles. The Balaban J connectivity index is 2.12. The van der Waals surface area contributed by atoms with Crippen LogP contribution in [-0.4, -0.2) is 32.3 Å². The minimum atomic E-state index is -0.247. The van der Waals surface area contributed by atoms with E-state index in [1.807, 2.05) is 37.3 Å². The fraction of sp³-hybridized carbons (Fsp3) is 0.381. The standard InChI is InChI=1S/C21H26BrNO4/c1-3-5-12-26-19-11-10-16(22)15-17(19)21(24)23-18-8-6-7-9-20(18)27-14-13-25-4-2/h6-11,15H,3-5,12-14H2,1-2H3,(H,23,24). The van der Waals surface area contributed by atoms with Crippen molar-refractivity contribution < 1.29 is 19.0 Å². The number of para-hydroxylation sites is 2. The minimum absolute atomic E-state index is 0.247. The van der Waals surface area contributed by atoms with Crippen molar-refractivity contribution in [2.45, 2.75) is 26.7 Å². The molecular weight excluding hydrogens is 410 g/mol. The Hall–Kier alpha value is -2.05. The molecule has 0 bridgehead atoms. The van der Waals surface area contributed by atoms with Gasteiger partial charge in [0, 0.05) is 11.1 Å². The monoisotopic (exact) mass is 435 g/mol. The van der Waals surface area contributed by atoms with E-state index in [2.05, 4.69) is 28.2 Å². The first-order valence-electron chi connectivity index (χ1n) is 9.19. The molecule has 0 atom stereocenters. The molecule has 0 saturated carbocycles. The highest BCUT2D eigenvalue weighted by molar-refractivity contribution is 9.10. The van der Waals surface area contributed by atoms with E-state index in [4.69, 9.17) is 14.2 Å². The van der Waals surface area contributed by atoms with Gasteiger partial charge in [-0.1, -0.05) is 41.4 Å². The van der Waals surface area contributed by atoms with E-state index < -0.39 is 0 Å². The molecule has 1 amide bonds. The van der Waals surface area contributed by atoms with Crippen LogP contribution >= 0.6 is 15.9 Å². The summed E-state index contributed by atoms with van der Waals surface area (Å²) in [6, 6.07) is 12.8. The molecule has 0 aromatic heterocycles. The maximum absolute atomic E-state index is 12.9. The number of amides is 1. The average molecular weight is 436 g/mol. The Morgan fingerprint density at radius 3 is 2.56 bits per heavy atom. The Morgan fingerprint density at radius 1 is 1.00 bits per heavy atom. The number of carbonyl (C=O) groups excluding carboxylic acids is 1. The maximum Gasteiger partial charge on any atom is 0.259 e. The van der Waals surface area contributed by atoms with Crippen LogP contribution in [0.1, 0.15) is 37.0 Å². The first-order valence-corrected chi connectivity index (χ1v) is 9.98. The number of anilines is 1. The van der Waals surface area contributed by atoms with Crippen molar-refractivity contribution in [2.24, 2.45) is 0 Å². The fourth-order valence-electron chi connectivity index (χ4n) is 2.37. The Bertz CT molecular complexity index is 736. The van der Waals surface area contributed by atoms with Crippen LogP contribution in [0.25, 0.3) is 0 Å². The van der Waals surface area contributed by atoms with E-state index in [1.54, 1.807) is 12.1 Å². The summed E-state index contributed by atoms with van der Waals surface area (Å²) in [6.07, 6.45) is 1.97. The van der Waals surface area contributed by atoms with Crippen LogP contribution in [0.3, 0.4) is 0 Å². The third-order valence-corrected chi connectivity index (χ3v) is 4.26. The zero-order chi connectivity index (χ0) is 19.5. The van der Waals surface area contributed by atoms with Crippen LogP contribution in [0, 0.1) is 0 Å². The van der Waals surface area contributed by atoms with Crippen LogP contribution in [0.2, 0.25) is 0 Å². The molecule has 0 saturated heterocycles. The summed E-state index contributed by atoms with van der Waals surface area (Å²) in [5.41, 5.74) is 1.09. The lowest BCUT2D eigenvalue weighted by atomic mass is 10.1. The zero-order valence-corrected chi connectivity index (χ0v) is 17.4. The fourth-order valence-corrected chi connectivity index (χ4v) is 2.73. The number of hydrogen-bond acceptors (Lipinski definition) is 4. The molecule has 5 nitrogen and oxygen atoms in total. The van der Waals surface area contributed by atoms with Crippen LogP contribution in [0.4, 0.5) is 5.69 Å². The molecule has 0 aliphatic carbocycles. The SMILES string of the molecule is CCCCOc1ccc(Br)cc1C(=O)Nc1ccccc1OCCOCC. The lowest BCUT2D eigenvalue weighted by Crippen LogP contribution is -2.15. The van der Waals surface area contributed by atoms with Crippen LogP contribution < -0.4 is 14.8 Å². The van der Waals surface area contributed by atoms with Crippen molar-refractivity contribution in [1.29, 1.82) is 0 Å². The van der Waals surface area contributed by atoms with E-state index in [0.717, 1.165) is 17.3 Å². The van der Waals surface area contributed by atoms with Gasteiger partial charge in [0.1, 0.15) is 18.1 Å². The second-order valence-corrected chi connectivity index (χ2v) is 6.75.